The van der Waals surface area contributed by atoms with Gasteiger partial charge in [-0.25, -0.2) is 28.1 Å². The van der Waals surface area contributed by atoms with Crippen molar-refractivity contribution in [2.45, 2.75) is 44.3 Å². The Morgan fingerprint density at radius 3 is 2.56 bits per heavy atom. The van der Waals surface area contributed by atoms with E-state index >= 15 is 0 Å². The first-order chi connectivity index (χ1) is 25.2. The molecule has 0 spiro atoms. The predicted octanol–water partition coefficient (Wildman–Crippen LogP) is 4.59. The van der Waals surface area contributed by atoms with Crippen molar-refractivity contribution in [2.75, 3.05) is 26.3 Å². The Kier molecular flexibility index (Phi) is 8.85. The molecule has 2 N–H and O–H groups in total. The molecule has 1 aliphatic heterocycles. The zero-order valence-corrected chi connectivity index (χ0v) is 28.0. The normalized spacial score (nSPS) is 18.2. The molecule has 6 aromatic rings. The molecule has 1 saturated carbocycles. The van der Waals surface area contributed by atoms with E-state index in [1.165, 1.54) is 38.1 Å². The number of aromatic hydroxyl groups is 1. The van der Waals surface area contributed by atoms with E-state index in [1.54, 1.807) is 24.3 Å². The lowest BCUT2D eigenvalue weighted by molar-refractivity contribution is 0.0342. The minimum absolute atomic E-state index is 0.0265. The third-order valence-electron chi connectivity index (χ3n) is 9.94. The molecular formula is C38H35F2N7O5. The quantitative estimate of drug-likeness (QED) is 0.246. The molecule has 2 aliphatic rings. The van der Waals surface area contributed by atoms with Crippen LogP contribution in [0.25, 0.3) is 33.5 Å². The van der Waals surface area contributed by atoms with Crippen LogP contribution in [0.4, 0.5) is 8.78 Å². The van der Waals surface area contributed by atoms with E-state index in [1.807, 2.05) is 18.2 Å². The van der Waals surface area contributed by atoms with E-state index in [0.29, 0.717) is 56.8 Å². The maximum absolute atomic E-state index is 14.6. The number of amides is 1. The molecule has 0 unspecified atom stereocenters. The maximum Gasteiger partial charge on any atom is 0.337 e. The highest BCUT2D eigenvalue weighted by Gasteiger charge is 2.29. The summed E-state index contributed by atoms with van der Waals surface area (Å²) < 4.78 is 37.7. The van der Waals surface area contributed by atoms with Crippen LogP contribution in [0.3, 0.4) is 0 Å². The van der Waals surface area contributed by atoms with Gasteiger partial charge in [-0.3, -0.25) is 19.1 Å². The zero-order chi connectivity index (χ0) is 35.9. The Labute approximate surface area is 295 Å². The summed E-state index contributed by atoms with van der Waals surface area (Å²) >= 11 is 0. The van der Waals surface area contributed by atoms with Gasteiger partial charge in [0.1, 0.15) is 28.7 Å². The number of benzene rings is 2. The number of morpholine rings is 1. The predicted molar refractivity (Wildman–Crippen MR) is 189 cm³/mol. The molecule has 1 amide bonds. The van der Waals surface area contributed by atoms with Crippen molar-refractivity contribution in [2.24, 2.45) is 0 Å². The van der Waals surface area contributed by atoms with Crippen molar-refractivity contribution in [3.8, 4) is 22.6 Å². The first-order valence-corrected chi connectivity index (χ1v) is 17.2. The number of rotatable bonds is 7. The highest BCUT2D eigenvalue weighted by Crippen LogP contribution is 2.31. The van der Waals surface area contributed by atoms with Crippen LogP contribution in [0.1, 0.15) is 47.8 Å². The standard InChI is InChI=1S/C38H35F2N7O5/c39-25-4-11-34-43-33(22-45(34)21-25)36(49)42-27-5-7-28(8-6-27)47-37(50)32-18-26(40)19-41-35(32)46(38(47)51)29-3-1-2-23(16-29)31-10-9-30(48)17-24(31)20-44-12-14-52-15-13-44/h1-4,9-11,16-19,21-22,27-28,48H,5-8,12-15,20H2,(H,42,49)/t27-,28+. The second-order valence-corrected chi connectivity index (χ2v) is 13.3. The Bertz CT molecular complexity index is 2450. The summed E-state index contributed by atoms with van der Waals surface area (Å²) in [6.07, 6.45) is 5.46. The second-order valence-electron chi connectivity index (χ2n) is 13.3. The number of hydrogen-bond acceptors (Lipinski definition) is 8. The van der Waals surface area contributed by atoms with Gasteiger partial charge in [0.25, 0.3) is 11.5 Å². The minimum Gasteiger partial charge on any atom is -0.508 e. The van der Waals surface area contributed by atoms with Gasteiger partial charge in [-0.05, 0) is 84.8 Å². The maximum atomic E-state index is 14.6. The molecule has 4 aromatic heterocycles. The summed E-state index contributed by atoms with van der Waals surface area (Å²) in [5, 5.41) is 13.3. The van der Waals surface area contributed by atoms with E-state index < -0.39 is 34.8 Å². The molecule has 14 heteroatoms. The van der Waals surface area contributed by atoms with Crippen LogP contribution in [0.15, 0.2) is 88.8 Å². The molecule has 0 radical (unpaired) electrons. The fourth-order valence-electron chi connectivity index (χ4n) is 7.35. The highest BCUT2D eigenvalue weighted by atomic mass is 19.1. The summed E-state index contributed by atoms with van der Waals surface area (Å²) in [5.74, 6) is -1.41. The summed E-state index contributed by atoms with van der Waals surface area (Å²) in [7, 11) is 0. The molecule has 2 aromatic carbocycles. The third-order valence-corrected chi connectivity index (χ3v) is 9.94. The van der Waals surface area contributed by atoms with Gasteiger partial charge >= 0.3 is 5.69 Å². The largest absolute Gasteiger partial charge is 0.508 e. The molecule has 12 nitrogen and oxygen atoms in total. The number of halogens is 2. The van der Waals surface area contributed by atoms with E-state index in [9.17, 15) is 28.3 Å². The van der Waals surface area contributed by atoms with Crippen molar-refractivity contribution in [1.82, 2.24) is 33.7 Å². The fourth-order valence-corrected chi connectivity index (χ4v) is 7.35. The summed E-state index contributed by atoms with van der Waals surface area (Å²) in [5.41, 5.74) is 2.40. The Morgan fingerprint density at radius 2 is 1.75 bits per heavy atom. The van der Waals surface area contributed by atoms with Gasteiger partial charge in [-0.1, -0.05) is 18.2 Å². The molecule has 266 valence electrons. The molecule has 1 saturated heterocycles. The topological polar surface area (TPSA) is 136 Å². The first kappa shape index (κ1) is 33.4. The Hall–Kier alpha value is -5.73. The molecule has 2 fully saturated rings. The number of imidazole rings is 1. The SMILES string of the molecule is O=C(N[C@H]1CC[C@@H](n2c(=O)c3cc(F)cnc3n(-c3cccc(-c4ccc(O)cc4CN4CCOCC4)c3)c2=O)CC1)c1cn2cc(F)ccc2n1. The average molecular weight is 708 g/mol. The van der Waals surface area contributed by atoms with E-state index in [0.717, 1.165) is 42.0 Å². The number of carbonyl (C=O) groups is 1. The Morgan fingerprint density at radius 1 is 0.942 bits per heavy atom. The van der Waals surface area contributed by atoms with Crippen LogP contribution >= 0.6 is 0 Å². The number of phenols is 1. The van der Waals surface area contributed by atoms with Crippen molar-refractivity contribution in [1.29, 1.82) is 0 Å². The smallest absolute Gasteiger partial charge is 0.337 e. The van der Waals surface area contributed by atoms with Crippen molar-refractivity contribution in [3.63, 3.8) is 0 Å². The molecule has 8 rings (SSSR count). The average Bonchev–Trinajstić information content (AvgIpc) is 3.57. The van der Waals surface area contributed by atoms with Gasteiger partial charge in [0, 0.05) is 44.1 Å². The van der Waals surface area contributed by atoms with Gasteiger partial charge in [0.05, 0.1) is 30.5 Å². The molecule has 0 bridgehead atoms. The monoisotopic (exact) mass is 707 g/mol. The van der Waals surface area contributed by atoms with Gasteiger partial charge in [-0.15, -0.1) is 0 Å². The van der Waals surface area contributed by atoms with Crippen LogP contribution in [0, 0.1) is 11.6 Å². The minimum atomic E-state index is -0.701. The van der Waals surface area contributed by atoms with Crippen LogP contribution in [0.2, 0.25) is 0 Å². The van der Waals surface area contributed by atoms with Crippen LogP contribution in [0.5, 0.6) is 5.75 Å². The first-order valence-electron chi connectivity index (χ1n) is 17.2. The zero-order valence-electron chi connectivity index (χ0n) is 28.0. The second kappa shape index (κ2) is 13.8. The number of aromatic nitrogens is 5. The highest BCUT2D eigenvalue weighted by molar-refractivity contribution is 5.93. The number of carbonyl (C=O) groups excluding carboxylic acids is 1. The molecular weight excluding hydrogens is 672 g/mol. The van der Waals surface area contributed by atoms with Gasteiger partial charge in [-0.2, -0.15) is 0 Å². The van der Waals surface area contributed by atoms with Gasteiger partial charge in [0.15, 0.2) is 5.65 Å². The third kappa shape index (κ3) is 6.46. The van der Waals surface area contributed by atoms with Gasteiger partial charge in [0.2, 0.25) is 0 Å². The molecule has 1 aliphatic carbocycles. The number of ether oxygens (including phenoxy) is 1. The number of hydrogen-bond donors (Lipinski definition) is 2. The van der Waals surface area contributed by atoms with Crippen molar-refractivity contribution < 1.29 is 23.4 Å². The lowest BCUT2D eigenvalue weighted by Gasteiger charge is -2.30. The van der Waals surface area contributed by atoms with Crippen LogP contribution in [-0.2, 0) is 11.3 Å². The summed E-state index contributed by atoms with van der Waals surface area (Å²) in [6.45, 7) is 3.38. The van der Waals surface area contributed by atoms with Crippen LogP contribution in [-0.4, -0.2) is 71.8 Å². The number of phenolic OH excluding ortho intramolecular Hbond substituents is 1. The van der Waals surface area contributed by atoms with Crippen LogP contribution < -0.4 is 16.6 Å². The lowest BCUT2D eigenvalue weighted by Crippen LogP contribution is -2.45. The number of nitrogens with zero attached hydrogens (tertiary/aromatic N) is 6. The van der Waals surface area contributed by atoms with Gasteiger partial charge < -0.3 is 19.6 Å². The van der Waals surface area contributed by atoms with E-state index in [-0.39, 0.29) is 28.5 Å². The number of pyridine rings is 2. The summed E-state index contributed by atoms with van der Waals surface area (Å²) in [6, 6.07) is 15.6. The Balaban J connectivity index is 1.10. The summed E-state index contributed by atoms with van der Waals surface area (Å²) in [4.78, 5) is 52.1. The van der Waals surface area contributed by atoms with E-state index in [4.69, 9.17) is 4.74 Å². The fraction of sp³-hybridized carbons (Fsp3) is 0.289. The van der Waals surface area contributed by atoms with Crippen molar-refractivity contribution >= 4 is 22.6 Å². The molecule has 52 heavy (non-hydrogen) atoms. The molecule has 0 atom stereocenters. The number of nitrogens with one attached hydrogen (secondary N) is 1. The lowest BCUT2D eigenvalue weighted by atomic mass is 9.90. The number of fused-ring (bicyclic) bond motifs is 2. The molecule has 5 heterocycles. The van der Waals surface area contributed by atoms with Crippen molar-refractivity contribution in [3.05, 3.63) is 123 Å². The van der Waals surface area contributed by atoms with E-state index in [2.05, 4.69) is 20.2 Å².